The quantitative estimate of drug-likeness (QED) is 0.833. The van der Waals surface area contributed by atoms with Crippen molar-refractivity contribution in [3.05, 3.63) is 36.1 Å². The van der Waals surface area contributed by atoms with Crippen LogP contribution in [0.4, 0.5) is 0 Å². The SMILES string of the molecule is c1cc(CC2CCNCC2)c2ccoc2c1. The van der Waals surface area contributed by atoms with E-state index in [9.17, 15) is 0 Å². The Morgan fingerprint density at radius 1 is 1.19 bits per heavy atom. The highest BCUT2D eigenvalue weighted by Crippen LogP contribution is 2.25. The second kappa shape index (κ2) is 4.30. The molecule has 2 nitrogen and oxygen atoms in total. The lowest BCUT2D eigenvalue weighted by Crippen LogP contribution is -2.28. The van der Waals surface area contributed by atoms with E-state index in [-0.39, 0.29) is 0 Å². The minimum atomic E-state index is 0.835. The van der Waals surface area contributed by atoms with Crippen LogP contribution in [0.5, 0.6) is 0 Å². The van der Waals surface area contributed by atoms with E-state index in [2.05, 4.69) is 23.5 Å². The van der Waals surface area contributed by atoms with Gasteiger partial charge in [-0.25, -0.2) is 0 Å². The zero-order chi connectivity index (χ0) is 10.8. The molecule has 1 aromatic heterocycles. The predicted molar refractivity (Wildman–Crippen MR) is 65.5 cm³/mol. The van der Waals surface area contributed by atoms with Gasteiger partial charge in [0, 0.05) is 5.39 Å². The number of fused-ring (bicyclic) bond motifs is 1. The summed E-state index contributed by atoms with van der Waals surface area (Å²) in [6, 6.07) is 8.47. The molecular weight excluding hydrogens is 198 g/mol. The van der Waals surface area contributed by atoms with Crippen LogP contribution >= 0.6 is 0 Å². The Morgan fingerprint density at radius 3 is 2.94 bits per heavy atom. The van der Waals surface area contributed by atoms with E-state index in [0.717, 1.165) is 11.5 Å². The van der Waals surface area contributed by atoms with E-state index in [1.165, 1.54) is 43.3 Å². The Labute approximate surface area is 95.6 Å². The Balaban J connectivity index is 1.85. The summed E-state index contributed by atoms with van der Waals surface area (Å²) < 4.78 is 5.44. The Morgan fingerprint density at radius 2 is 2.06 bits per heavy atom. The Bertz CT molecular complexity index is 468. The summed E-state index contributed by atoms with van der Waals surface area (Å²) in [5.74, 6) is 0.835. The van der Waals surface area contributed by atoms with Crippen molar-refractivity contribution in [1.29, 1.82) is 0 Å². The number of piperidine rings is 1. The highest BCUT2D eigenvalue weighted by Gasteiger charge is 2.15. The molecule has 1 fully saturated rings. The number of hydrogen-bond donors (Lipinski definition) is 1. The molecule has 0 radical (unpaired) electrons. The summed E-state index contributed by atoms with van der Waals surface area (Å²) in [5, 5.41) is 4.71. The van der Waals surface area contributed by atoms with Crippen LogP contribution in [0.2, 0.25) is 0 Å². The largest absolute Gasteiger partial charge is 0.464 e. The molecular formula is C14H17NO. The second-order valence-electron chi connectivity index (χ2n) is 4.65. The average Bonchev–Trinajstić information content (AvgIpc) is 2.80. The lowest BCUT2D eigenvalue weighted by atomic mass is 9.90. The van der Waals surface area contributed by atoms with Gasteiger partial charge in [-0.05, 0) is 56.0 Å². The normalized spacial score (nSPS) is 18.0. The van der Waals surface area contributed by atoms with Gasteiger partial charge in [0.25, 0.3) is 0 Å². The van der Waals surface area contributed by atoms with Crippen molar-refractivity contribution in [2.24, 2.45) is 5.92 Å². The van der Waals surface area contributed by atoms with Gasteiger partial charge in [-0.15, -0.1) is 0 Å². The molecule has 0 spiro atoms. The molecule has 2 aromatic rings. The van der Waals surface area contributed by atoms with Crippen LogP contribution in [-0.4, -0.2) is 13.1 Å². The summed E-state index contributed by atoms with van der Waals surface area (Å²) in [7, 11) is 0. The third kappa shape index (κ3) is 1.85. The molecule has 0 unspecified atom stereocenters. The first kappa shape index (κ1) is 9.91. The summed E-state index contributed by atoms with van der Waals surface area (Å²) in [6.45, 7) is 2.35. The predicted octanol–water partition coefficient (Wildman–Crippen LogP) is 2.97. The number of rotatable bonds is 2. The molecule has 1 N–H and O–H groups in total. The van der Waals surface area contributed by atoms with E-state index in [0.29, 0.717) is 0 Å². The van der Waals surface area contributed by atoms with Gasteiger partial charge >= 0.3 is 0 Å². The van der Waals surface area contributed by atoms with Gasteiger partial charge in [-0.3, -0.25) is 0 Å². The molecule has 84 valence electrons. The molecule has 3 rings (SSSR count). The topological polar surface area (TPSA) is 25.2 Å². The monoisotopic (exact) mass is 215 g/mol. The minimum absolute atomic E-state index is 0.835. The van der Waals surface area contributed by atoms with E-state index in [4.69, 9.17) is 4.42 Å². The van der Waals surface area contributed by atoms with E-state index >= 15 is 0 Å². The zero-order valence-electron chi connectivity index (χ0n) is 9.41. The Kier molecular flexibility index (Phi) is 2.66. The summed E-state index contributed by atoms with van der Waals surface area (Å²) in [5.41, 5.74) is 2.46. The first-order valence-corrected chi connectivity index (χ1v) is 6.09. The van der Waals surface area contributed by atoms with Crippen LogP contribution in [0, 0.1) is 5.92 Å². The van der Waals surface area contributed by atoms with Gasteiger partial charge < -0.3 is 9.73 Å². The van der Waals surface area contributed by atoms with Gasteiger partial charge in [-0.1, -0.05) is 12.1 Å². The summed E-state index contributed by atoms with van der Waals surface area (Å²) in [6.07, 6.45) is 5.58. The molecule has 1 aliphatic rings. The van der Waals surface area contributed by atoms with Crippen molar-refractivity contribution < 1.29 is 4.42 Å². The fourth-order valence-corrected chi connectivity index (χ4v) is 2.63. The lowest BCUT2D eigenvalue weighted by molar-refractivity contribution is 0.373. The Hall–Kier alpha value is -1.28. The molecule has 2 heterocycles. The van der Waals surface area contributed by atoms with Gasteiger partial charge in [0.05, 0.1) is 6.26 Å². The van der Waals surface area contributed by atoms with E-state index in [1.54, 1.807) is 6.26 Å². The number of benzene rings is 1. The van der Waals surface area contributed by atoms with Crippen LogP contribution < -0.4 is 5.32 Å². The summed E-state index contributed by atoms with van der Waals surface area (Å²) >= 11 is 0. The highest BCUT2D eigenvalue weighted by molar-refractivity contribution is 5.80. The number of nitrogens with one attached hydrogen (secondary N) is 1. The molecule has 0 bridgehead atoms. The van der Waals surface area contributed by atoms with Crippen LogP contribution in [0.3, 0.4) is 0 Å². The van der Waals surface area contributed by atoms with E-state index < -0.39 is 0 Å². The number of hydrogen-bond acceptors (Lipinski definition) is 2. The van der Waals surface area contributed by atoms with Gasteiger partial charge in [-0.2, -0.15) is 0 Å². The maximum atomic E-state index is 5.44. The van der Waals surface area contributed by atoms with Crippen molar-refractivity contribution in [2.75, 3.05) is 13.1 Å². The highest BCUT2D eigenvalue weighted by atomic mass is 16.3. The van der Waals surface area contributed by atoms with E-state index in [1.807, 2.05) is 6.07 Å². The third-order valence-corrected chi connectivity index (χ3v) is 3.55. The third-order valence-electron chi connectivity index (χ3n) is 3.55. The molecule has 0 atom stereocenters. The smallest absolute Gasteiger partial charge is 0.134 e. The van der Waals surface area contributed by atoms with Gasteiger partial charge in [0.2, 0.25) is 0 Å². The maximum Gasteiger partial charge on any atom is 0.134 e. The van der Waals surface area contributed by atoms with Crippen molar-refractivity contribution in [3.8, 4) is 0 Å². The molecule has 16 heavy (non-hydrogen) atoms. The molecule has 0 saturated carbocycles. The minimum Gasteiger partial charge on any atom is -0.464 e. The molecule has 0 amide bonds. The fourth-order valence-electron chi connectivity index (χ4n) is 2.63. The molecule has 2 heteroatoms. The van der Waals surface area contributed by atoms with Crippen LogP contribution in [0.1, 0.15) is 18.4 Å². The average molecular weight is 215 g/mol. The lowest BCUT2D eigenvalue weighted by Gasteiger charge is -2.22. The molecule has 1 saturated heterocycles. The second-order valence-corrected chi connectivity index (χ2v) is 4.65. The first-order chi connectivity index (χ1) is 7.93. The zero-order valence-corrected chi connectivity index (χ0v) is 9.41. The molecule has 1 aliphatic heterocycles. The van der Waals surface area contributed by atoms with Crippen molar-refractivity contribution in [1.82, 2.24) is 5.32 Å². The van der Waals surface area contributed by atoms with Crippen LogP contribution in [0.15, 0.2) is 34.9 Å². The van der Waals surface area contributed by atoms with Gasteiger partial charge in [0.1, 0.15) is 5.58 Å². The summed E-state index contributed by atoms with van der Waals surface area (Å²) in [4.78, 5) is 0. The first-order valence-electron chi connectivity index (χ1n) is 6.09. The number of furan rings is 1. The van der Waals surface area contributed by atoms with Crippen molar-refractivity contribution >= 4 is 11.0 Å². The standard InChI is InChI=1S/C14H17NO/c1-2-12(10-11-4-7-15-8-5-11)13-6-9-16-14(13)3-1/h1-3,6,9,11,15H,4-5,7-8,10H2. The van der Waals surface area contributed by atoms with Crippen LogP contribution in [0.25, 0.3) is 11.0 Å². The molecule has 1 aromatic carbocycles. The van der Waals surface area contributed by atoms with Crippen molar-refractivity contribution in [2.45, 2.75) is 19.3 Å². The van der Waals surface area contributed by atoms with Crippen LogP contribution in [-0.2, 0) is 6.42 Å². The molecule has 0 aliphatic carbocycles. The van der Waals surface area contributed by atoms with Crippen molar-refractivity contribution in [3.63, 3.8) is 0 Å². The maximum absolute atomic E-state index is 5.44. The van der Waals surface area contributed by atoms with Gasteiger partial charge in [0.15, 0.2) is 0 Å². The fraction of sp³-hybridized carbons (Fsp3) is 0.429.